The smallest absolute Gasteiger partial charge is 0.121 e. The van der Waals surface area contributed by atoms with Crippen molar-refractivity contribution in [2.24, 2.45) is 0 Å². The van der Waals surface area contributed by atoms with E-state index in [0.29, 0.717) is 24.5 Å². The molecule has 1 aromatic rings. The number of anilines is 1. The predicted octanol–water partition coefficient (Wildman–Crippen LogP) is 1.64. The molecule has 0 saturated carbocycles. The van der Waals surface area contributed by atoms with Gasteiger partial charge in [0.2, 0.25) is 0 Å². The molecule has 98 valence electrons. The van der Waals surface area contributed by atoms with Crippen molar-refractivity contribution in [3.63, 3.8) is 0 Å². The highest BCUT2D eigenvalue weighted by Gasteiger charge is 2.09. The van der Waals surface area contributed by atoms with Crippen LogP contribution in [0.3, 0.4) is 0 Å². The standard InChI is InChI=1S/C13H18N2O3/c1-16-9-12(18-3)8-15-13-6-11(17-2)5-4-10(13)7-14/h4-6,12,15H,8-9H2,1-3H3. The van der Waals surface area contributed by atoms with Gasteiger partial charge in [-0.1, -0.05) is 0 Å². The number of nitrogens with zero attached hydrogens (tertiary/aromatic N) is 1. The van der Waals surface area contributed by atoms with Crippen LogP contribution in [0, 0.1) is 11.3 Å². The van der Waals surface area contributed by atoms with Gasteiger partial charge in [-0.15, -0.1) is 0 Å². The van der Waals surface area contributed by atoms with E-state index in [4.69, 9.17) is 19.5 Å². The quantitative estimate of drug-likeness (QED) is 0.797. The number of hydrogen-bond acceptors (Lipinski definition) is 5. The monoisotopic (exact) mass is 250 g/mol. The molecule has 1 N–H and O–H groups in total. The molecule has 0 bridgehead atoms. The number of hydrogen-bond donors (Lipinski definition) is 1. The number of methoxy groups -OCH3 is 3. The Bertz CT molecular complexity index is 415. The molecule has 0 aliphatic heterocycles. The number of rotatable bonds is 7. The molecule has 0 spiro atoms. The lowest BCUT2D eigenvalue weighted by Gasteiger charge is -2.16. The van der Waals surface area contributed by atoms with Crippen molar-refractivity contribution < 1.29 is 14.2 Å². The number of benzene rings is 1. The van der Waals surface area contributed by atoms with E-state index in [9.17, 15) is 0 Å². The number of ether oxygens (including phenoxy) is 3. The van der Waals surface area contributed by atoms with Crippen LogP contribution in [0.2, 0.25) is 0 Å². The second kappa shape index (κ2) is 7.54. The van der Waals surface area contributed by atoms with Crippen molar-refractivity contribution in [1.82, 2.24) is 0 Å². The van der Waals surface area contributed by atoms with Gasteiger partial charge in [0.1, 0.15) is 11.8 Å². The summed E-state index contributed by atoms with van der Waals surface area (Å²) in [6, 6.07) is 7.40. The summed E-state index contributed by atoms with van der Waals surface area (Å²) in [5, 5.41) is 12.2. The predicted molar refractivity (Wildman–Crippen MR) is 68.9 cm³/mol. The highest BCUT2D eigenvalue weighted by Crippen LogP contribution is 2.21. The van der Waals surface area contributed by atoms with E-state index < -0.39 is 0 Å². The molecule has 0 saturated heterocycles. The summed E-state index contributed by atoms with van der Waals surface area (Å²) in [7, 11) is 4.84. The van der Waals surface area contributed by atoms with E-state index in [1.807, 2.05) is 0 Å². The Kier molecular flexibility index (Phi) is 5.98. The maximum Gasteiger partial charge on any atom is 0.121 e. The van der Waals surface area contributed by atoms with Crippen molar-refractivity contribution >= 4 is 5.69 Å². The van der Waals surface area contributed by atoms with Gasteiger partial charge in [0.25, 0.3) is 0 Å². The molecule has 5 nitrogen and oxygen atoms in total. The first-order valence-electron chi connectivity index (χ1n) is 5.58. The highest BCUT2D eigenvalue weighted by molar-refractivity contribution is 5.60. The molecule has 0 radical (unpaired) electrons. The first kappa shape index (κ1) is 14.3. The summed E-state index contributed by atoms with van der Waals surface area (Å²) >= 11 is 0. The fourth-order valence-corrected chi connectivity index (χ4v) is 1.51. The first-order valence-corrected chi connectivity index (χ1v) is 5.58. The average Bonchev–Trinajstić information content (AvgIpc) is 2.43. The van der Waals surface area contributed by atoms with Gasteiger partial charge in [-0.2, -0.15) is 5.26 Å². The van der Waals surface area contributed by atoms with Crippen LogP contribution in [0.25, 0.3) is 0 Å². The highest BCUT2D eigenvalue weighted by atomic mass is 16.5. The van der Waals surface area contributed by atoms with Crippen LogP contribution in [0.15, 0.2) is 18.2 Å². The van der Waals surface area contributed by atoms with Crippen LogP contribution >= 0.6 is 0 Å². The zero-order chi connectivity index (χ0) is 13.4. The van der Waals surface area contributed by atoms with Gasteiger partial charge in [-0.25, -0.2) is 0 Å². The summed E-state index contributed by atoms with van der Waals surface area (Å²) in [4.78, 5) is 0. The van der Waals surface area contributed by atoms with Crippen molar-refractivity contribution in [1.29, 1.82) is 5.26 Å². The van der Waals surface area contributed by atoms with E-state index in [-0.39, 0.29) is 6.10 Å². The molecule has 0 aliphatic carbocycles. The van der Waals surface area contributed by atoms with Crippen molar-refractivity contribution in [3.8, 4) is 11.8 Å². The zero-order valence-electron chi connectivity index (χ0n) is 10.9. The topological polar surface area (TPSA) is 63.5 Å². The minimum atomic E-state index is -0.0623. The summed E-state index contributed by atoms with van der Waals surface area (Å²) in [6.45, 7) is 1.06. The number of nitrogens with one attached hydrogen (secondary N) is 1. The van der Waals surface area contributed by atoms with Gasteiger partial charge in [0.15, 0.2) is 0 Å². The van der Waals surface area contributed by atoms with Gasteiger partial charge >= 0.3 is 0 Å². The van der Waals surface area contributed by atoms with Gasteiger partial charge in [0, 0.05) is 26.8 Å². The minimum absolute atomic E-state index is 0.0623. The summed E-state index contributed by atoms with van der Waals surface area (Å²) in [5.41, 5.74) is 1.30. The second-order valence-corrected chi connectivity index (χ2v) is 3.72. The van der Waals surface area contributed by atoms with E-state index in [0.717, 1.165) is 5.69 Å². The summed E-state index contributed by atoms with van der Waals surface area (Å²) in [6.07, 6.45) is -0.0623. The third kappa shape index (κ3) is 3.91. The molecule has 1 unspecified atom stereocenters. The Labute approximate surface area is 107 Å². The fraction of sp³-hybridized carbons (Fsp3) is 0.462. The largest absolute Gasteiger partial charge is 0.497 e. The Morgan fingerprint density at radius 2 is 2.11 bits per heavy atom. The van der Waals surface area contributed by atoms with Crippen molar-refractivity contribution in [2.75, 3.05) is 39.8 Å². The Morgan fingerprint density at radius 1 is 1.33 bits per heavy atom. The average molecular weight is 250 g/mol. The summed E-state index contributed by atoms with van der Waals surface area (Å²) in [5.74, 6) is 0.706. The lowest BCUT2D eigenvalue weighted by Crippen LogP contribution is -2.26. The molecular formula is C13H18N2O3. The molecule has 0 heterocycles. The zero-order valence-corrected chi connectivity index (χ0v) is 10.9. The molecule has 5 heteroatoms. The van der Waals surface area contributed by atoms with Gasteiger partial charge in [0.05, 0.1) is 31.1 Å². The lowest BCUT2D eigenvalue weighted by atomic mass is 10.2. The molecule has 0 aliphatic rings. The first-order chi connectivity index (χ1) is 8.74. The Balaban J connectivity index is 2.73. The van der Waals surface area contributed by atoms with Crippen molar-refractivity contribution in [2.45, 2.75) is 6.10 Å². The van der Waals surface area contributed by atoms with E-state index in [1.54, 1.807) is 39.5 Å². The van der Waals surface area contributed by atoms with E-state index >= 15 is 0 Å². The van der Waals surface area contributed by atoms with Gasteiger partial charge < -0.3 is 19.5 Å². The maximum absolute atomic E-state index is 9.02. The molecule has 1 aromatic carbocycles. The fourth-order valence-electron chi connectivity index (χ4n) is 1.51. The van der Waals surface area contributed by atoms with Crippen LogP contribution in [-0.2, 0) is 9.47 Å². The molecule has 1 rings (SSSR count). The third-order valence-corrected chi connectivity index (χ3v) is 2.55. The van der Waals surface area contributed by atoms with Crippen molar-refractivity contribution in [3.05, 3.63) is 23.8 Å². The molecule has 0 amide bonds. The van der Waals surface area contributed by atoms with Crippen LogP contribution in [0.4, 0.5) is 5.69 Å². The van der Waals surface area contributed by atoms with Gasteiger partial charge in [-0.3, -0.25) is 0 Å². The Hall–Kier alpha value is -1.77. The van der Waals surface area contributed by atoms with Crippen LogP contribution < -0.4 is 10.1 Å². The summed E-state index contributed by atoms with van der Waals surface area (Å²) < 4.78 is 15.4. The van der Waals surface area contributed by atoms with Gasteiger partial charge in [-0.05, 0) is 12.1 Å². The van der Waals surface area contributed by atoms with E-state index in [1.165, 1.54) is 0 Å². The molecular weight excluding hydrogens is 232 g/mol. The lowest BCUT2D eigenvalue weighted by molar-refractivity contribution is 0.0365. The SMILES string of the molecule is COCC(CNc1cc(OC)ccc1C#N)OC. The normalized spacial score (nSPS) is 11.7. The maximum atomic E-state index is 9.02. The van der Waals surface area contributed by atoms with Crippen LogP contribution in [0.1, 0.15) is 5.56 Å². The molecule has 18 heavy (non-hydrogen) atoms. The third-order valence-electron chi connectivity index (χ3n) is 2.55. The molecule has 0 fully saturated rings. The molecule has 0 aromatic heterocycles. The van der Waals surface area contributed by atoms with Crippen LogP contribution in [0.5, 0.6) is 5.75 Å². The van der Waals surface area contributed by atoms with E-state index in [2.05, 4.69) is 11.4 Å². The number of nitriles is 1. The minimum Gasteiger partial charge on any atom is -0.497 e. The second-order valence-electron chi connectivity index (χ2n) is 3.72. The molecule has 1 atom stereocenters. The Morgan fingerprint density at radius 3 is 2.67 bits per heavy atom. The van der Waals surface area contributed by atoms with Crippen LogP contribution in [-0.4, -0.2) is 40.6 Å².